The van der Waals surface area contributed by atoms with Gasteiger partial charge in [0.15, 0.2) is 17.5 Å². The Morgan fingerprint density at radius 2 is 1.59 bits per heavy atom. The first-order valence-corrected chi connectivity index (χ1v) is 4.93. The Hall–Kier alpha value is -1.72. The standard InChI is InChI=1S/C11H13F3N2O/c1-11(2,3)16-10(17)15-6-4-7(12)9(14)8(13)5-6/h4-5H,1-3H3,(H2,15,16,17). The van der Waals surface area contributed by atoms with Gasteiger partial charge in [0.25, 0.3) is 0 Å². The molecule has 0 bridgehead atoms. The summed E-state index contributed by atoms with van der Waals surface area (Å²) in [4.78, 5) is 11.4. The molecule has 0 aliphatic carbocycles. The van der Waals surface area contributed by atoms with Crippen molar-refractivity contribution >= 4 is 11.7 Å². The van der Waals surface area contributed by atoms with E-state index in [9.17, 15) is 18.0 Å². The number of halogens is 3. The Morgan fingerprint density at radius 3 is 2.00 bits per heavy atom. The van der Waals surface area contributed by atoms with Gasteiger partial charge in [-0.2, -0.15) is 0 Å². The molecule has 1 aromatic rings. The number of benzene rings is 1. The maximum atomic E-state index is 12.8. The number of hydrogen-bond donors (Lipinski definition) is 2. The third-order valence-electron chi connectivity index (χ3n) is 1.73. The molecule has 0 saturated carbocycles. The fourth-order valence-electron chi connectivity index (χ4n) is 1.13. The van der Waals surface area contributed by atoms with E-state index in [1.807, 2.05) is 0 Å². The molecule has 1 aromatic carbocycles. The molecule has 0 heterocycles. The van der Waals surface area contributed by atoms with Crippen LogP contribution < -0.4 is 10.6 Å². The first-order chi connectivity index (χ1) is 7.69. The van der Waals surface area contributed by atoms with Crippen molar-refractivity contribution in [1.29, 1.82) is 0 Å². The molecule has 2 N–H and O–H groups in total. The summed E-state index contributed by atoms with van der Waals surface area (Å²) in [5, 5.41) is 4.74. The van der Waals surface area contributed by atoms with Crippen LogP contribution in [0.25, 0.3) is 0 Å². The maximum absolute atomic E-state index is 12.8. The van der Waals surface area contributed by atoms with Crippen LogP contribution in [0.2, 0.25) is 0 Å². The fraction of sp³-hybridized carbons (Fsp3) is 0.364. The highest BCUT2D eigenvalue weighted by molar-refractivity contribution is 5.89. The van der Waals surface area contributed by atoms with E-state index in [0.29, 0.717) is 12.1 Å². The van der Waals surface area contributed by atoms with Crippen molar-refractivity contribution in [1.82, 2.24) is 5.32 Å². The van der Waals surface area contributed by atoms with Gasteiger partial charge in [-0.25, -0.2) is 18.0 Å². The largest absolute Gasteiger partial charge is 0.333 e. The van der Waals surface area contributed by atoms with Gasteiger partial charge in [-0.15, -0.1) is 0 Å². The van der Waals surface area contributed by atoms with Gasteiger partial charge in [0.2, 0.25) is 0 Å². The lowest BCUT2D eigenvalue weighted by Crippen LogP contribution is -2.43. The summed E-state index contributed by atoms with van der Waals surface area (Å²) < 4.78 is 38.3. The van der Waals surface area contributed by atoms with Gasteiger partial charge in [-0.1, -0.05) is 0 Å². The van der Waals surface area contributed by atoms with E-state index in [0.717, 1.165) is 0 Å². The fourth-order valence-corrected chi connectivity index (χ4v) is 1.13. The van der Waals surface area contributed by atoms with Crippen LogP contribution in [-0.4, -0.2) is 11.6 Å². The average Bonchev–Trinajstić information content (AvgIpc) is 2.10. The van der Waals surface area contributed by atoms with E-state index in [2.05, 4.69) is 10.6 Å². The summed E-state index contributed by atoms with van der Waals surface area (Å²) in [6, 6.07) is 0.796. The Balaban J connectivity index is 2.79. The van der Waals surface area contributed by atoms with Crippen LogP contribution in [0.5, 0.6) is 0 Å². The number of amides is 2. The number of carbonyl (C=O) groups is 1. The van der Waals surface area contributed by atoms with Crippen molar-refractivity contribution in [3.8, 4) is 0 Å². The highest BCUT2D eigenvalue weighted by atomic mass is 19.2. The molecule has 0 radical (unpaired) electrons. The van der Waals surface area contributed by atoms with Gasteiger partial charge in [0.05, 0.1) is 0 Å². The highest BCUT2D eigenvalue weighted by Gasteiger charge is 2.15. The lowest BCUT2D eigenvalue weighted by Gasteiger charge is -2.20. The van der Waals surface area contributed by atoms with Gasteiger partial charge in [0.1, 0.15) is 0 Å². The van der Waals surface area contributed by atoms with Crippen molar-refractivity contribution in [2.75, 3.05) is 5.32 Å². The molecule has 0 unspecified atom stereocenters. The molecule has 2 amide bonds. The van der Waals surface area contributed by atoms with Crippen LogP contribution in [0, 0.1) is 17.5 Å². The zero-order chi connectivity index (χ0) is 13.2. The number of nitrogens with one attached hydrogen (secondary N) is 2. The van der Waals surface area contributed by atoms with Gasteiger partial charge < -0.3 is 10.6 Å². The number of anilines is 1. The monoisotopic (exact) mass is 246 g/mol. The van der Waals surface area contributed by atoms with Crippen molar-refractivity contribution in [3.05, 3.63) is 29.6 Å². The molecule has 3 nitrogen and oxygen atoms in total. The van der Waals surface area contributed by atoms with Crippen LogP contribution in [0.1, 0.15) is 20.8 Å². The van der Waals surface area contributed by atoms with Crippen molar-refractivity contribution in [2.45, 2.75) is 26.3 Å². The zero-order valence-corrected chi connectivity index (χ0v) is 9.70. The van der Waals surface area contributed by atoms with Crippen LogP contribution in [0.4, 0.5) is 23.7 Å². The summed E-state index contributed by atoms with van der Waals surface area (Å²) in [5.74, 6) is -4.26. The minimum Gasteiger partial charge on any atom is -0.333 e. The van der Waals surface area contributed by atoms with E-state index >= 15 is 0 Å². The summed E-state index contributed by atoms with van der Waals surface area (Å²) in [6.45, 7) is 5.25. The predicted molar refractivity (Wildman–Crippen MR) is 58.2 cm³/mol. The van der Waals surface area contributed by atoms with Crippen LogP contribution in [-0.2, 0) is 0 Å². The highest BCUT2D eigenvalue weighted by Crippen LogP contribution is 2.17. The van der Waals surface area contributed by atoms with Gasteiger partial charge in [0, 0.05) is 23.4 Å². The lowest BCUT2D eigenvalue weighted by molar-refractivity contribution is 0.244. The number of carbonyl (C=O) groups excluding carboxylic acids is 1. The minimum absolute atomic E-state index is 0.150. The van der Waals surface area contributed by atoms with Gasteiger partial charge >= 0.3 is 6.03 Å². The third-order valence-corrected chi connectivity index (χ3v) is 1.73. The first-order valence-electron chi connectivity index (χ1n) is 4.93. The molecule has 0 spiro atoms. The molecule has 0 aliphatic heterocycles. The molecule has 0 saturated heterocycles. The second-order valence-electron chi connectivity index (χ2n) is 4.58. The van der Waals surface area contributed by atoms with Crippen molar-refractivity contribution in [2.24, 2.45) is 0 Å². The third kappa shape index (κ3) is 3.97. The lowest BCUT2D eigenvalue weighted by atomic mass is 10.1. The molecule has 0 aromatic heterocycles. The second kappa shape index (κ2) is 4.65. The number of hydrogen-bond acceptors (Lipinski definition) is 1. The van der Waals surface area contributed by atoms with Crippen molar-refractivity contribution in [3.63, 3.8) is 0 Å². The Morgan fingerprint density at radius 1 is 1.12 bits per heavy atom. The average molecular weight is 246 g/mol. The minimum atomic E-state index is -1.56. The predicted octanol–water partition coefficient (Wildman–Crippen LogP) is 3.02. The molecule has 17 heavy (non-hydrogen) atoms. The normalized spacial score (nSPS) is 11.2. The molecule has 0 fully saturated rings. The molecular formula is C11H13F3N2O. The topological polar surface area (TPSA) is 41.1 Å². The van der Waals surface area contributed by atoms with Crippen LogP contribution >= 0.6 is 0 Å². The summed E-state index contributed by atoms with van der Waals surface area (Å²) in [6.07, 6.45) is 0. The maximum Gasteiger partial charge on any atom is 0.319 e. The van der Waals surface area contributed by atoms with E-state index in [-0.39, 0.29) is 5.69 Å². The van der Waals surface area contributed by atoms with Gasteiger partial charge in [-0.05, 0) is 20.8 Å². The molecule has 0 aliphatic rings. The molecule has 0 atom stereocenters. The number of urea groups is 1. The van der Waals surface area contributed by atoms with E-state index < -0.39 is 29.0 Å². The summed E-state index contributed by atoms with van der Waals surface area (Å²) in [5.41, 5.74) is -0.635. The molecule has 94 valence electrons. The Labute approximate surface area is 97.0 Å². The van der Waals surface area contributed by atoms with E-state index in [1.165, 1.54) is 0 Å². The van der Waals surface area contributed by atoms with Crippen LogP contribution in [0.3, 0.4) is 0 Å². The number of rotatable bonds is 1. The Bertz CT molecular complexity index is 418. The smallest absolute Gasteiger partial charge is 0.319 e. The quantitative estimate of drug-likeness (QED) is 0.735. The molecule has 6 heteroatoms. The molecular weight excluding hydrogens is 233 g/mol. The Kier molecular flexibility index (Phi) is 3.65. The summed E-state index contributed by atoms with van der Waals surface area (Å²) in [7, 11) is 0. The zero-order valence-electron chi connectivity index (χ0n) is 9.70. The van der Waals surface area contributed by atoms with Crippen LogP contribution in [0.15, 0.2) is 12.1 Å². The summed E-state index contributed by atoms with van der Waals surface area (Å²) >= 11 is 0. The first kappa shape index (κ1) is 13.3. The SMILES string of the molecule is CC(C)(C)NC(=O)Nc1cc(F)c(F)c(F)c1. The second-order valence-corrected chi connectivity index (χ2v) is 4.58. The van der Waals surface area contributed by atoms with Gasteiger partial charge in [-0.3, -0.25) is 0 Å². The molecule has 1 rings (SSSR count). The van der Waals surface area contributed by atoms with Crippen molar-refractivity contribution < 1.29 is 18.0 Å². The van der Waals surface area contributed by atoms with E-state index in [4.69, 9.17) is 0 Å². The van der Waals surface area contributed by atoms with E-state index in [1.54, 1.807) is 20.8 Å².